The van der Waals surface area contributed by atoms with Gasteiger partial charge in [-0.2, -0.15) is 0 Å². The average Bonchev–Trinajstić information content (AvgIpc) is 2.70. The van der Waals surface area contributed by atoms with E-state index >= 15 is 0 Å². The van der Waals surface area contributed by atoms with E-state index in [1.165, 1.54) is 32.3 Å². The number of hydrogen-bond acceptors (Lipinski definition) is 6. The molecular weight excluding hydrogens is 294 g/mol. The molecule has 0 radical (unpaired) electrons. The molecule has 0 saturated heterocycles. The molecule has 0 saturated carbocycles. The zero-order valence-corrected chi connectivity index (χ0v) is 11.6. The number of fused-ring (bicyclic) bond motifs is 1. The quantitative estimate of drug-likeness (QED) is 0.778. The first-order valence-electron chi connectivity index (χ1n) is 5.00. The van der Waals surface area contributed by atoms with E-state index < -0.39 is 25.3 Å². The highest BCUT2D eigenvalue weighted by atomic mass is 32.2. The Morgan fingerprint density at radius 1 is 1.21 bits per heavy atom. The van der Waals surface area contributed by atoms with Gasteiger partial charge in [-0.25, -0.2) is 26.1 Å². The Balaban J connectivity index is 2.66. The largest absolute Gasteiger partial charge is 0.742 e. The average molecular weight is 304 g/mol. The van der Waals surface area contributed by atoms with Gasteiger partial charge in [0.15, 0.2) is 10.1 Å². The lowest BCUT2D eigenvalue weighted by Crippen LogP contribution is -2.22. The van der Waals surface area contributed by atoms with Crippen molar-refractivity contribution in [1.82, 2.24) is 14.3 Å². The molecule has 8 nitrogen and oxygen atoms in total. The molecular formula is C9H10N3O5S2-. The summed E-state index contributed by atoms with van der Waals surface area (Å²) in [7, 11) is -5.59. The molecule has 0 fully saturated rings. The maximum Gasteiger partial charge on any atom is 0.242 e. The summed E-state index contributed by atoms with van der Waals surface area (Å²) in [4.78, 5) is 5.86. The molecule has 1 aromatic carbocycles. The summed E-state index contributed by atoms with van der Waals surface area (Å²) in [5.74, 6) is 0. The van der Waals surface area contributed by atoms with Crippen LogP contribution in [0, 0.1) is 0 Å². The van der Waals surface area contributed by atoms with Crippen molar-refractivity contribution in [2.24, 2.45) is 0 Å². The van der Waals surface area contributed by atoms with Crippen molar-refractivity contribution in [1.29, 1.82) is 0 Å². The van der Waals surface area contributed by atoms with Gasteiger partial charge in [-0.05, 0) is 18.2 Å². The molecule has 1 heterocycles. The minimum absolute atomic E-state index is 0.0245. The smallest absolute Gasteiger partial charge is 0.242 e. The molecule has 0 atom stereocenters. The van der Waals surface area contributed by atoms with Gasteiger partial charge in [-0.15, -0.1) is 0 Å². The second-order valence-electron chi connectivity index (χ2n) is 3.96. The first kappa shape index (κ1) is 13.9. The molecule has 10 heteroatoms. The Hall–Kier alpha value is -1.49. The lowest BCUT2D eigenvalue weighted by Gasteiger charge is -2.10. The van der Waals surface area contributed by atoms with Crippen molar-refractivity contribution in [2.75, 3.05) is 14.1 Å². The van der Waals surface area contributed by atoms with Crippen LogP contribution >= 0.6 is 0 Å². The zero-order chi connectivity index (χ0) is 14.4. The zero-order valence-electron chi connectivity index (χ0n) is 9.98. The number of sulfonamides is 1. The van der Waals surface area contributed by atoms with Crippen LogP contribution in [-0.2, 0) is 20.1 Å². The maximum absolute atomic E-state index is 11.9. The van der Waals surface area contributed by atoms with Gasteiger partial charge < -0.3 is 9.54 Å². The summed E-state index contributed by atoms with van der Waals surface area (Å²) >= 11 is 0. The molecule has 0 spiro atoms. The third-order valence-electron chi connectivity index (χ3n) is 2.45. The van der Waals surface area contributed by atoms with Gasteiger partial charge in [-0.1, -0.05) is 0 Å². The van der Waals surface area contributed by atoms with E-state index in [9.17, 15) is 21.4 Å². The summed E-state index contributed by atoms with van der Waals surface area (Å²) < 4.78 is 57.3. The molecule has 2 aromatic rings. The monoisotopic (exact) mass is 304 g/mol. The molecule has 0 unspecified atom stereocenters. The Bertz CT molecular complexity index is 836. The third kappa shape index (κ3) is 2.47. The second-order valence-corrected chi connectivity index (χ2v) is 7.41. The number of nitrogens with one attached hydrogen (secondary N) is 1. The number of benzene rings is 1. The number of rotatable bonds is 3. The first-order chi connectivity index (χ1) is 8.62. The Morgan fingerprint density at radius 2 is 1.84 bits per heavy atom. The van der Waals surface area contributed by atoms with Crippen molar-refractivity contribution in [3.8, 4) is 0 Å². The van der Waals surface area contributed by atoms with Crippen molar-refractivity contribution in [3.63, 3.8) is 0 Å². The number of aromatic amines is 1. The minimum Gasteiger partial charge on any atom is -0.742 e. The van der Waals surface area contributed by atoms with Crippen LogP contribution in [0.3, 0.4) is 0 Å². The lowest BCUT2D eigenvalue weighted by molar-refractivity contribution is 0.456. The molecule has 19 heavy (non-hydrogen) atoms. The summed E-state index contributed by atoms with van der Waals surface area (Å²) in [6.07, 6.45) is 0. The first-order valence-corrected chi connectivity index (χ1v) is 7.85. The molecule has 1 N–H and O–H groups in total. The van der Waals surface area contributed by atoms with Gasteiger partial charge in [0.05, 0.1) is 15.9 Å². The molecule has 0 amide bonds. The van der Waals surface area contributed by atoms with E-state index in [2.05, 4.69) is 9.97 Å². The van der Waals surface area contributed by atoms with Crippen molar-refractivity contribution < 1.29 is 21.4 Å². The van der Waals surface area contributed by atoms with Gasteiger partial charge in [0.25, 0.3) is 0 Å². The lowest BCUT2D eigenvalue weighted by atomic mass is 10.3. The summed E-state index contributed by atoms with van der Waals surface area (Å²) in [5.41, 5.74) is 0.365. The number of aromatic nitrogens is 2. The van der Waals surface area contributed by atoms with Crippen molar-refractivity contribution in [3.05, 3.63) is 18.2 Å². The van der Waals surface area contributed by atoms with Crippen LogP contribution in [0.25, 0.3) is 11.0 Å². The standard InChI is InChI=1S/C9H11N3O5S2/c1-12(2)18(13,14)6-3-4-7-8(5-6)11-9(10-7)19(15,16)17/h3-5H,1-2H3,(H,10,11)(H,15,16,17)/p-1. The SMILES string of the molecule is CN(C)S(=O)(=O)c1ccc2nc(S(=O)(=O)[O-])[nH]c2c1. The van der Waals surface area contributed by atoms with Gasteiger partial charge in [0.2, 0.25) is 15.2 Å². The maximum atomic E-state index is 11.9. The van der Waals surface area contributed by atoms with E-state index in [1.54, 1.807) is 0 Å². The van der Waals surface area contributed by atoms with E-state index in [0.717, 1.165) is 4.31 Å². The van der Waals surface area contributed by atoms with Crippen LogP contribution in [0.5, 0.6) is 0 Å². The molecule has 0 aliphatic carbocycles. The fraction of sp³-hybridized carbons (Fsp3) is 0.222. The molecule has 0 aliphatic heterocycles. The van der Waals surface area contributed by atoms with Gasteiger partial charge in [0, 0.05) is 14.1 Å². The van der Waals surface area contributed by atoms with Gasteiger partial charge in [0.1, 0.15) is 0 Å². The van der Waals surface area contributed by atoms with Crippen LogP contribution in [-0.4, -0.2) is 49.8 Å². The van der Waals surface area contributed by atoms with Crippen LogP contribution < -0.4 is 0 Å². The highest BCUT2D eigenvalue weighted by Gasteiger charge is 2.18. The van der Waals surface area contributed by atoms with E-state index in [4.69, 9.17) is 0 Å². The topological polar surface area (TPSA) is 123 Å². The van der Waals surface area contributed by atoms with E-state index in [-0.39, 0.29) is 15.9 Å². The molecule has 2 rings (SSSR count). The van der Waals surface area contributed by atoms with Crippen molar-refractivity contribution in [2.45, 2.75) is 10.1 Å². The van der Waals surface area contributed by atoms with Crippen LogP contribution in [0.15, 0.2) is 28.3 Å². The second kappa shape index (κ2) is 4.27. The summed E-state index contributed by atoms with van der Waals surface area (Å²) in [6, 6.07) is 3.85. The van der Waals surface area contributed by atoms with Gasteiger partial charge >= 0.3 is 0 Å². The normalized spacial score (nSPS) is 13.3. The predicted molar refractivity (Wildman–Crippen MR) is 64.9 cm³/mol. The molecule has 0 bridgehead atoms. The number of nitrogens with zero attached hydrogens (tertiary/aromatic N) is 2. The third-order valence-corrected chi connectivity index (χ3v) is 4.93. The summed E-state index contributed by atoms with van der Waals surface area (Å²) in [6.45, 7) is 0. The fourth-order valence-electron chi connectivity index (χ4n) is 1.45. The highest BCUT2D eigenvalue weighted by molar-refractivity contribution is 7.89. The Kier molecular flexibility index (Phi) is 3.13. The van der Waals surface area contributed by atoms with Crippen LogP contribution in [0.1, 0.15) is 0 Å². The number of hydrogen-bond donors (Lipinski definition) is 1. The Morgan fingerprint density at radius 3 is 2.37 bits per heavy atom. The number of H-pyrrole nitrogens is 1. The molecule has 0 aliphatic rings. The highest BCUT2D eigenvalue weighted by Crippen LogP contribution is 2.20. The van der Waals surface area contributed by atoms with Crippen LogP contribution in [0.4, 0.5) is 0 Å². The molecule has 1 aromatic heterocycles. The van der Waals surface area contributed by atoms with E-state index in [0.29, 0.717) is 0 Å². The minimum atomic E-state index is -4.71. The number of imidazole rings is 1. The predicted octanol–water partition coefficient (Wildman–Crippen LogP) is -0.283. The van der Waals surface area contributed by atoms with E-state index in [1.807, 2.05) is 0 Å². The van der Waals surface area contributed by atoms with Crippen molar-refractivity contribution >= 4 is 31.2 Å². The van der Waals surface area contributed by atoms with Crippen LogP contribution in [0.2, 0.25) is 0 Å². The Labute approximate surface area is 109 Å². The fourth-order valence-corrected chi connectivity index (χ4v) is 2.83. The summed E-state index contributed by atoms with van der Waals surface area (Å²) in [5, 5.41) is -0.734. The molecule has 104 valence electrons. The van der Waals surface area contributed by atoms with Gasteiger partial charge in [-0.3, -0.25) is 0 Å².